The molecule has 0 unspecified atom stereocenters. The molecule has 0 aliphatic heterocycles. The van der Waals surface area contributed by atoms with E-state index in [-0.39, 0.29) is 13.2 Å². The molecule has 0 fully saturated rings. The van der Waals surface area contributed by atoms with E-state index < -0.39 is 24.6 Å². The van der Waals surface area contributed by atoms with E-state index >= 15 is 0 Å². The molecule has 17 nitrogen and oxygen atoms in total. The summed E-state index contributed by atoms with van der Waals surface area (Å²) in [6, 6.07) is 14.7. The summed E-state index contributed by atoms with van der Waals surface area (Å²) in [5.41, 5.74) is 2.01. The van der Waals surface area contributed by atoms with Gasteiger partial charge in [0.2, 0.25) is 24.3 Å². The summed E-state index contributed by atoms with van der Waals surface area (Å²) in [5.74, 6) is -1.19. The first-order chi connectivity index (χ1) is 25.7. The second-order valence-corrected chi connectivity index (χ2v) is 10.7. The third-order valence-electron chi connectivity index (χ3n) is 6.48. The van der Waals surface area contributed by atoms with Crippen LogP contribution in [-0.2, 0) is 44.6 Å². The molecule has 0 aliphatic carbocycles. The van der Waals surface area contributed by atoms with Gasteiger partial charge in [-0.15, -0.1) is 0 Å². The lowest BCUT2D eigenvalue weighted by Gasteiger charge is -2.17. The quantitative estimate of drug-likeness (QED) is 0.0588. The minimum atomic E-state index is -1.39. The predicted molar refractivity (Wildman–Crippen MR) is 192 cm³/mol. The summed E-state index contributed by atoms with van der Waals surface area (Å²) >= 11 is 0. The molecule has 17 heteroatoms. The van der Waals surface area contributed by atoms with Crippen molar-refractivity contribution in [2.75, 3.05) is 79.2 Å². The molecule has 0 spiro atoms. The minimum Gasteiger partial charge on any atom is -0.481 e. The van der Waals surface area contributed by atoms with Gasteiger partial charge in [0.15, 0.2) is 0 Å². The standard InChI is InChI=1S/C15H10N2O2.C8H12N2O2.C8H18O5.C5H10O4/c18-10-16-14-5-1-12(2-6-14)9-13-3-7-15(8-4-13)17-11-19;11-7-9-5-3-1-2-4-6-10-8-12;9-1-3-11-5-7-13-8-6-12-4-2-10;1-5(2-6,3-7)4(8)9/h1-8H,9H2;1-6H2;9-10H,1-8H2;6-7H,2-3H2,1H3,(H,8,9). The SMILES string of the molecule is CC(CO)(CO)C(=O)O.O=C=NCCCCCCN=C=O.O=C=Nc1ccc(Cc2ccc(N=C=O)cc2)cc1.OCCOCCOCCOCCO. The zero-order valence-electron chi connectivity index (χ0n) is 29.9. The number of carbonyl (C=O) groups is 1. The lowest BCUT2D eigenvalue weighted by atomic mass is 9.94. The number of aliphatic hydroxyl groups is 4. The smallest absolute Gasteiger partial charge is 0.314 e. The van der Waals surface area contributed by atoms with Crippen LogP contribution in [0.2, 0.25) is 0 Å². The van der Waals surface area contributed by atoms with E-state index in [1.54, 1.807) is 24.3 Å². The Bertz CT molecular complexity index is 1300. The Kier molecular flexibility index (Phi) is 35.0. The Morgan fingerprint density at radius 2 is 0.943 bits per heavy atom. The van der Waals surface area contributed by atoms with Gasteiger partial charge in [0.05, 0.1) is 90.5 Å². The molecule has 0 radical (unpaired) electrons. The average Bonchev–Trinajstić information content (AvgIpc) is 3.17. The van der Waals surface area contributed by atoms with Crippen LogP contribution in [0.1, 0.15) is 43.7 Å². The average molecular weight is 747 g/mol. The number of benzene rings is 2. The third-order valence-corrected chi connectivity index (χ3v) is 6.48. The van der Waals surface area contributed by atoms with Crippen molar-refractivity contribution in [3.8, 4) is 0 Å². The number of ether oxygens (including phenoxy) is 3. The summed E-state index contributed by atoms with van der Waals surface area (Å²) in [6.07, 6.45) is 10.6. The van der Waals surface area contributed by atoms with Gasteiger partial charge in [-0.05, 0) is 61.6 Å². The van der Waals surface area contributed by atoms with Gasteiger partial charge in [0, 0.05) is 0 Å². The fraction of sp³-hybridized carbons (Fsp3) is 0.528. The van der Waals surface area contributed by atoms with Crippen molar-refractivity contribution >= 4 is 41.7 Å². The van der Waals surface area contributed by atoms with Crippen molar-refractivity contribution in [1.29, 1.82) is 0 Å². The zero-order valence-corrected chi connectivity index (χ0v) is 29.9. The van der Waals surface area contributed by atoms with Crippen LogP contribution in [0.25, 0.3) is 0 Å². The topological polar surface area (TPSA) is 264 Å². The summed E-state index contributed by atoms with van der Waals surface area (Å²) < 4.78 is 15.0. The molecule has 0 aliphatic rings. The maximum Gasteiger partial charge on any atom is 0.314 e. The van der Waals surface area contributed by atoms with Crippen molar-refractivity contribution in [3.05, 3.63) is 59.7 Å². The van der Waals surface area contributed by atoms with Gasteiger partial charge in [-0.2, -0.15) is 9.98 Å². The highest BCUT2D eigenvalue weighted by molar-refractivity contribution is 5.74. The van der Waals surface area contributed by atoms with Crippen LogP contribution in [0.4, 0.5) is 11.4 Å². The number of hydrogen-bond donors (Lipinski definition) is 5. The van der Waals surface area contributed by atoms with E-state index in [1.807, 2.05) is 24.3 Å². The van der Waals surface area contributed by atoms with Crippen molar-refractivity contribution in [3.63, 3.8) is 0 Å². The highest BCUT2D eigenvalue weighted by Crippen LogP contribution is 2.18. The molecular weight excluding hydrogens is 696 g/mol. The molecule has 0 atom stereocenters. The summed E-state index contributed by atoms with van der Waals surface area (Å²) in [5, 5.41) is 41.9. The molecule has 0 heterocycles. The lowest BCUT2D eigenvalue weighted by Crippen LogP contribution is -2.35. The molecule has 2 rings (SSSR count). The molecule has 2 aromatic rings. The zero-order chi connectivity index (χ0) is 39.8. The first kappa shape index (κ1) is 50.3. The molecule has 0 saturated carbocycles. The second kappa shape index (κ2) is 36.9. The van der Waals surface area contributed by atoms with Gasteiger partial charge < -0.3 is 39.7 Å². The van der Waals surface area contributed by atoms with E-state index in [4.69, 9.17) is 39.7 Å². The van der Waals surface area contributed by atoms with Gasteiger partial charge in [0.1, 0.15) is 5.41 Å². The number of aliphatic imine (C=N–C) groups is 4. The molecule has 0 bridgehead atoms. The van der Waals surface area contributed by atoms with E-state index in [0.717, 1.165) is 43.2 Å². The van der Waals surface area contributed by atoms with Gasteiger partial charge >= 0.3 is 5.97 Å². The minimum absolute atomic E-state index is 0.0413. The number of unbranched alkanes of at least 4 members (excludes halogenated alkanes) is 3. The maximum absolute atomic E-state index is 10.2. The Labute approximate surface area is 308 Å². The van der Waals surface area contributed by atoms with Crippen LogP contribution < -0.4 is 0 Å². The molecule has 0 aromatic heterocycles. The Balaban J connectivity index is 0. The summed E-state index contributed by atoms with van der Waals surface area (Å²) in [6.45, 7) is 4.06. The van der Waals surface area contributed by atoms with E-state index in [2.05, 4.69) is 20.0 Å². The highest BCUT2D eigenvalue weighted by Gasteiger charge is 2.31. The molecular formula is C36H50N4O13. The fourth-order valence-electron chi connectivity index (χ4n) is 3.40. The van der Waals surface area contributed by atoms with Gasteiger partial charge in [-0.3, -0.25) is 4.79 Å². The van der Waals surface area contributed by atoms with Crippen molar-refractivity contribution in [2.24, 2.45) is 25.4 Å². The number of aliphatic carboxylic acids is 1. The first-order valence-electron chi connectivity index (χ1n) is 16.5. The van der Waals surface area contributed by atoms with Crippen LogP contribution in [0.5, 0.6) is 0 Å². The van der Waals surface area contributed by atoms with Gasteiger partial charge in [-0.1, -0.05) is 37.1 Å². The number of carboxylic acids is 1. The monoisotopic (exact) mass is 746 g/mol. The number of hydrogen-bond acceptors (Lipinski definition) is 16. The number of nitrogens with zero attached hydrogens (tertiary/aromatic N) is 4. The van der Waals surface area contributed by atoms with Crippen LogP contribution in [0.15, 0.2) is 68.5 Å². The van der Waals surface area contributed by atoms with Gasteiger partial charge in [-0.25, -0.2) is 29.2 Å². The maximum atomic E-state index is 10.2. The Hall–Kier alpha value is -4.85. The highest BCUT2D eigenvalue weighted by atomic mass is 16.5. The number of carboxylic acid groups (broad SMARTS) is 1. The lowest BCUT2D eigenvalue weighted by molar-refractivity contribution is -0.152. The predicted octanol–water partition coefficient (Wildman–Crippen LogP) is 2.51. The second-order valence-electron chi connectivity index (χ2n) is 10.7. The number of isocyanates is 4. The van der Waals surface area contributed by atoms with Crippen LogP contribution in [-0.4, -0.2) is 135 Å². The van der Waals surface area contributed by atoms with Crippen LogP contribution in [0.3, 0.4) is 0 Å². The molecule has 0 amide bonds. The number of carbonyl (C=O) groups excluding carboxylic acids is 4. The summed E-state index contributed by atoms with van der Waals surface area (Å²) in [7, 11) is 0. The number of rotatable bonds is 24. The third kappa shape index (κ3) is 30.5. The molecule has 53 heavy (non-hydrogen) atoms. The van der Waals surface area contributed by atoms with Crippen molar-refractivity contribution in [2.45, 2.75) is 39.0 Å². The largest absolute Gasteiger partial charge is 0.481 e. The van der Waals surface area contributed by atoms with Crippen LogP contribution >= 0.6 is 0 Å². The molecule has 0 saturated heterocycles. The van der Waals surface area contributed by atoms with E-state index in [0.29, 0.717) is 64.1 Å². The normalized spacial score (nSPS) is 9.75. The van der Waals surface area contributed by atoms with Crippen molar-refractivity contribution < 1.29 is 63.7 Å². The van der Waals surface area contributed by atoms with Crippen LogP contribution in [0, 0.1) is 5.41 Å². The van der Waals surface area contributed by atoms with E-state index in [9.17, 15) is 24.0 Å². The first-order valence-corrected chi connectivity index (χ1v) is 16.5. The Morgan fingerprint density at radius 1 is 0.585 bits per heavy atom. The summed E-state index contributed by atoms with van der Waals surface area (Å²) in [4.78, 5) is 63.5. The molecule has 292 valence electrons. The Morgan fingerprint density at radius 3 is 1.21 bits per heavy atom. The molecule has 2 aromatic carbocycles. The van der Waals surface area contributed by atoms with Gasteiger partial charge in [0.25, 0.3) is 0 Å². The van der Waals surface area contributed by atoms with Crippen molar-refractivity contribution in [1.82, 2.24) is 0 Å². The molecule has 5 N–H and O–H groups in total. The number of aliphatic hydroxyl groups excluding tert-OH is 4. The fourth-order valence-corrected chi connectivity index (χ4v) is 3.40. The van der Waals surface area contributed by atoms with E-state index in [1.165, 1.54) is 31.2 Å².